The van der Waals surface area contributed by atoms with E-state index in [1.54, 1.807) is 0 Å². The van der Waals surface area contributed by atoms with E-state index in [4.69, 9.17) is 5.11 Å². The predicted molar refractivity (Wildman–Crippen MR) is 56.2 cm³/mol. The van der Waals surface area contributed by atoms with Crippen molar-refractivity contribution in [3.05, 3.63) is 41.2 Å². The maximum atomic E-state index is 13.1. The summed E-state index contributed by atoms with van der Waals surface area (Å²) in [4.78, 5) is 10.4. The van der Waals surface area contributed by atoms with Crippen LogP contribution in [0.3, 0.4) is 0 Å². The van der Waals surface area contributed by atoms with Gasteiger partial charge in [0.2, 0.25) is 0 Å². The van der Waals surface area contributed by atoms with E-state index in [1.807, 2.05) is 0 Å². The Balaban J connectivity index is 2.77. The van der Waals surface area contributed by atoms with Crippen molar-refractivity contribution in [1.82, 2.24) is 0 Å². The standard InChI is InChI=1S/C11H10F3NO2/c1-6(11(16)17)2-3-15-9-5-7(12)4-8(13)10(9)14/h2,4-5,15H,3H2,1H3,(H,16,17)/b6-2-. The molecule has 0 spiro atoms. The van der Waals surface area contributed by atoms with Crippen molar-refractivity contribution in [3.63, 3.8) is 0 Å². The number of hydrogen-bond donors (Lipinski definition) is 2. The number of carboxylic acid groups (broad SMARTS) is 1. The zero-order valence-electron chi connectivity index (χ0n) is 8.93. The molecule has 0 heterocycles. The highest BCUT2D eigenvalue weighted by atomic mass is 19.2. The lowest BCUT2D eigenvalue weighted by Crippen LogP contribution is -2.05. The number of carbonyl (C=O) groups is 1. The number of nitrogens with one attached hydrogen (secondary N) is 1. The van der Waals surface area contributed by atoms with E-state index in [1.165, 1.54) is 13.0 Å². The lowest BCUT2D eigenvalue weighted by molar-refractivity contribution is -0.132. The SMILES string of the molecule is C/C(=C/CNc1cc(F)cc(F)c1F)C(=O)O. The third kappa shape index (κ3) is 3.51. The molecule has 0 radical (unpaired) electrons. The van der Waals surface area contributed by atoms with Crippen molar-refractivity contribution in [3.8, 4) is 0 Å². The van der Waals surface area contributed by atoms with Gasteiger partial charge in [-0.15, -0.1) is 0 Å². The summed E-state index contributed by atoms with van der Waals surface area (Å²) in [7, 11) is 0. The molecule has 0 aliphatic heterocycles. The van der Waals surface area contributed by atoms with Crippen LogP contribution in [0.5, 0.6) is 0 Å². The molecule has 0 atom stereocenters. The van der Waals surface area contributed by atoms with E-state index in [0.717, 1.165) is 6.07 Å². The molecule has 17 heavy (non-hydrogen) atoms. The van der Waals surface area contributed by atoms with Gasteiger partial charge in [0.25, 0.3) is 0 Å². The zero-order valence-corrected chi connectivity index (χ0v) is 8.93. The molecule has 1 aromatic carbocycles. The summed E-state index contributed by atoms with van der Waals surface area (Å²) in [5.41, 5.74) is -0.299. The molecule has 0 saturated carbocycles. The smallest absolute Gasteiger partial charge is 0.331 e. The molecule has 1 rings (SSSR count). The number of halogens is 3. The molecule has 0 unspecified atom stereocenters. The summed E-state index contributed by atoms with van der Waals surface area (Å²) < 4.78 is 38.7. The highest BCUT2D eigenvalue weighted by molar-refractivity contribution is 5.85. The van der Waals surface area contributed by atoms with Crippen molar-refractivity contribution in [1.29, 1.82) is 0 Å². The van der Waals surface area contributed by atoms with Crippen molar-refractivity contribution in [2.24, 2.45) is 0 Å². The quantitative estimate of drug-likeness (QED) is 0.633. The number of anilines is 1. The Hall–Kier alpha value is -1.98. The van der Waals surface area contributed by atoms with Gasteiger partial charge in [0.15, 0.2) is 11.6 Å². The molecule has 6 heteroatoms. The van der Waals surface area contributed by atoms with Crippen LogP contribution in [-0.4, -0.2) is 17.6 Å². The molecule has 0 aliphatic carbocycles. The molecule has 0 aliphatic rings. The topological polar surface area (TPSA) is 49.3 Å². The third-order valence-corrected chi connectivity index (χ3v) is 2.03. The minimum Gasteiger partial charge on any atom is -0.478 e. The highest BCUT2D eigenvalue weighted by Crippen LogP contribution is 2.18. The van der Waals surface area contributed by atoms with Crippen LogP contribution < -0.4 is 5.32 Å². The van der Waals surface area contributed by atoms with Crippen LogP contribution in [0, 0.1) is 17.5 Å². The Morgan fingerprint density at radius 2 is 2.06 bits per heavy atom. The van der Waals surface area contributed by atoms with Gasteiger partial charge in [-0.1, -0.05) is 6.08 Å². The van der Waals surface area contributed by atoms with Gasteiger partial charge in [-0.3, -0.25) is 0 Å². The van der Waals surface area contributed by atoms with Gasteiger partial charge in [-0.05, 0) is 6.92 Å². The summed E-state index contributed by atoms with van der Waals surface area (Å²) in [6, 6.07) is 1.22. The first-order chi connectivity index (χ1) is 7.91. The molecule has 3 nitrogen and oxygen atoms in total. The monoisotopic (exact) mass is 245 g/mol. The number of aliphatic carboxylic acids is 1. The maximum Gasteiger partial charge on any atom is 0.331 e. The fraction of sp³-hybridized carbons (Fsp3) is 0.182. The maximum absolute atomic E-state index is 13.1. The average Bonchev–Trinajstić information content (AvgIpc) is 2.24. The molecular formula is C11H10F3NO2. The second-order valence-electron chi connectivity index (χ2n) is 3.32. The van der Waals surface area contributed by atoms with Crippen LogP contribution in [0.25, 0.3) is 0 Å². The van der Waals surface area contributed by atoms with E-state index in [9.17, 15) is 18.0 Å². The number of hydrogen-bond acceptors (Lipinski definition) is 2. The highest BCUT2D eigenvalue weighted by Gasteiger charge is 2.10. The van der Waals surface area contributed by atoms with Crippen molar-refractivity contribution >= 4 is 11.7 Å². The second-order valence-corrected chi connectivity index (χ2v) is 3.32. The Kier molecular flexibility index (Phi) is 4.14. The van der Waals surface area contributed by atoms with Gasteiger partial charge in [-0.2, -0.15) is 0 Å². The lowest BCUT2D eigenvalue weighted by atomic mass is 10.2. The van der Waals surface area contributed by atoms with Crippen molar-refractivity contribution in [2.75, 3.05) is 11.9 Å². The number of carboxylic acids is 1. The van der Waals surface area contributed by atoms with E-state index >= 15 is 0 Å². The number of rotatable bonds is 4. The van der Waals surface area contributed by atoms with Crippen LogP contribution in [0.4, 0.5) is 18.9 Å². The molecule has 92 valence electrons. The van der Waals surface area contributed by atoms with Crippen LogP contribution >= 0.6 is 0 Å². The average molecular weight is 245 g/mol. The van der Waals surface area contributed by atoms with E-state index in [2.05, 4.69) is 5.32 Å². The first-order valence-electron chi connectivity index (χ1n) is 4.70. The molecule has 2 N–H and O–H groups in total. The van der Waals surface area contributed by atoms with Gasteiger partial charge >= 0.3 is 5.97 Å². The first kappa shape index (κ1) is 13.1. The predicted octanol–water partition coefficient (Wildman–Crippen LogP) is 2.55. The van der Waals surface area contributed by atoms with Crippen LogP contribution in [-0.2, 0) is 4.79 Å². The Labute approximate surface area is 95.6 Å². The zero-order chi connectivity index (χ0) is 13.0. The summed E-state index contributed by atoms with van der Waals surface area (Å²) >= 11 is 0. The van der Waals surface area contributed by atoms with Crippen LogP contribution in [0.2, 0.25) is 0 Å². The fourth-order valence-corrected chi connectivity index (χ4v) is 1.09. The summed E-state index contributed by atoms with van der Waals surface area (Å²) in [6.07, 6.45) is 1.27. The lowest BCUT2D eigenvalue weighted by Gasteiger charge is -2.06. The molecule has 0 fully saturated rings. The van der Waals surface area contributed by atoms with E-state index in [0.29, 0.717) is 6.07 Å². The Morgan fingerprint density at radius 1 is 1.41 bits per heavy atom. The van der Waals surface area contributed by atoms with E-state index < -0.39 is 23.4 Å². The van der Waals surface area contributed by atoms with Crippen LogP contribution in [0.15, 0.2) is 23.8 Å². The Morgan fingerprint density at radius 3 is 2.65 bits per heavy atom. The van der Waals surface area contributed by atoms with Gasteiger partial charge in [0.1, 0.15) is 5.82 Å². The normalized spacial score (nSPS) is 11.4. The van der Waals surface area contributed by atoms with Crippen LogP contribution in [0.1, 0.15) is 6.92 Å². The summed E-state index contributed by atoms with van der Waals surface area (Å²) in [5, 5.41) is 10.9. The molecule has 1 aromatic rings. The van der Waals surface area contributed by atoms with Gasteiger partial charge in [0, 0.05) is 24.3 Å². The molecular weight excluding hydrogens is 235 g/mol. The third-order valence-electron chi connectivity index (χ3n) is 2.03. The molecule has 0 amide bonds. The van der Waals surface area contributed by atoms with Gasteiger partial charge in [-0.25, -0.2) is 18.0 Å². The second kappa shape index (κ2) is 5.38. The van der Waals surface area contributed by atoms with Gasteiger partial charge < -0.3 is 10.4 Å². The van der Waals surface area contributed by atoms with Crippen molar-refractivity contribution < 1.29 is 23.1 Å². The minimum absolute atomic E-state index is 0.0437. The summed E-state index contributed by atoms with van der Waals surface area (Å²) in [6.45, 7) is 1.31. The van der Waals surface area contributed by atoms with E-state index in [-0.39, 0.29) is 17.8 Å². The fourth-order valence-electron chi connectivity index (χ4n) is 1.09. The molecule has 0 bridgehead atoms. The molecule has 0 aromatic heterocycles. The largest absolute Gasteiger partial charge is 0.478 e. The minimum atomic E-state index is -1.30. The first-order valence-corrected chi connectivity index (χ1v) is 4.70. The number of benzene rings is 1. The summed E-state index contributed by atoms with van der Waals surface area (Å²) in [5.74, 6) is -4.53. The Bertz CT molecular complexity index is 472. The van der Waals surface area contributed by atoms with Gasteiger partial charge in [0.05, 0.1) is 5.69 Å². The molecule has 0 saturated heterocycles. The van der Waals surface area contributed by atoms with Crippen molar-refractivity contribution in [2.45, 2.75) is 6.92 Å².